The van der Waals surface area contributed by atoms with Crippen LogP contribution in [0.3, 0.4) is 0 Å². The number of carbonyl (C=O) groups is 1. The van der Waals surface area contributed by atoms with Gasteiger partial charge in [0, 0.05) is 18.8 Å². The van der Waals surface area contributed by atoms with E-state index >= 15 is 0 Å². The zero-order valence-corrected chi connectivity index (χ0v) is 9.97. The zero-order valence-electron chi connectivity index (χ0n) is 8.38. The fourth-order valence-corrected chi connectivity index (χ4v) is 1.76. The van der Waals surface area contributed by atoms with E-state index in [1.807, 2.05) is 0 Å². The Hall–Kier alpha value is -1.69. The molecule has 0 aliphatic carbocycles. The lowest BCUT2D eigenvalue weighted by Gasteiger charge is -2.00. The lowest BCUT2D eigenvalue weighted by Crippen LogP contribution is -1.98. The monoisotopic (exact) mass is 281 g/mol. The van der Waals surface area contributed by atoms with Crippen LogP contribution in [0.4, 0.5) is 0 Å². The SMILES string of the molecule is Cn1cc(-c2cc(C(=O)O)cc(Br)n2)cn1. The van der Waals surface area contributed by atoms with E-state index in [2.05, 4.69) is 26.0 Å². The molecule has 1 N–H and O–H groups in total. The van der Waals surface area contributed by atoms with Crippen LogP contribution in [0, 0.1) is 0 Å². The highest BCUT2D eigenvalue weighted by molar-refractivity contribution is 9.10. The number of halogens is 1. The Kier molecular flexibility index (Phi) is 2.74. The van der Waals surface area contributed by atoms with Crippen molar-refractivity contribution in [2.45, 2.75) is 0 Å². The van der Waals surface area contributed by atoms with E-state index < -0.39 is 5.97 Å². The first kappa shape index (κ1) is 10.8. The quantitative estimate of drug-likeness (QED) is 0.855. The van der Waals surface area contributed by atoms with Gasteiger partial charge in [0.15, 0.2) is 0 Å². The Bertz CT molecular complexity index is 551. The average molecular weight is 282 g/mol. The first-order valence-corrected chi connectivity index (χ1v) is 5.25. The molecule has 0 saturated heterocycles. The smallest absolute Gasteiger partial charge is 0.335 e. The van der Waals surface area contributed by atoms with Crippen molar-refractivity contribution in [2.75, 3.05) is 0 Å². The van der Waals surface area contributed by atoms with Crippen molar-refractivity contribution >= 4 is 21.9 Å². The first-order chi connectivity index (χ1) is 7.56. The Balaban J connectivity index is 2.53. The third kappa shape index (κ3) is 2.11. The third-order valence-corrected chi connectivity index (χ3v) is 2.45. The van der Waals surface area contributed by atoms with Crippen LogP contribution in [-0.4, -0.2) is 25.8 Å². The van der Waals surface area contributed by atoms with Crippen LogP contribution in [-0.2, 0) is 7.05 Å². The second-order valence-electron chi connectivity index (χ2n) is 3.27. The van der Waals surface area contributed by atoms with E-state index in [0.29, 0.717) is 10.3 Å². The van der Waals surface area contributed by atoms with E-state index in [4.69, 9.17) is 5.11 Å². The van der Waals surface area contributed by atoms with Crippen molar-refractivity contribution in [3.8, 4) is 11.3 Å². The molecule has 5 nitrogen and oxygen atoms in total. The lowest BCUT2D eigenvalue weighted by atomic mass is 10.2. The van der Waals surface area contributed by atoms with Crippen LogP contribution in [0.1, 0.15) is 10.4 Å². The summed E-state index contributed by atoms with van der Waals surface area (Å²) in [5, 5.41) is 12.9. The molecule has 0 saturated carbocycles. The van der Waals surface area contributed by atoms with Gasteiger partial charge in [-0.3, -0.25) is 4.68 Å². The van der Waals surface area contributed by atoms with Gasteiger partial charge in [-0.2, -0.15) is 5.10 Å². The first-order valence-electron chi connectivity index (χ1n) is 4.46. The highest BCUT2D eigenvalue weighted by atomic mass is 79.9. The number of rotatable bonds is 2. The number of carboxylic acid groups (broad SMARTS) is 1. The molecule has 0 unspecified atom stereocenters. The molecule has 0 aliphatic rings. The minimum Gasteiger partial charge on any atom is -0.478 e. The molecular weight excluding hydrogens is 274 g/mol. The Labute approximate surface area is 99.9 Å². The van der Waals surface area contributed by atoms with Crippen LogP contribution < -0.4 is 0 Å². The summed E-state index contributed by atoms with van der Waals surface area (Å²) in [6, 6.07) is 2.98. The van der Waals surface area contributed by atoms with Gasteiger partial charge in [0.25, 0.3) is 0 Å². The second kappa shape index (κ2) is 4.05. The summed E-state index contributed by atoms with van der Waals surface area (Å²) >= 11 is 3.18. The van der Waals surface area contributed by atoms with Gasteiger partial charge in [-0.05, 0) is 28.1 Å². The number of nitrogens with zero attached hydrogens (tertiary/aromatic N) is 3. The molecule has 2 aromatic rings. The minimum atomic E-state index is -0.978. The second-order valence-corrected chi connectivity index (χ2v) is 4.08. The third-order valence-electron chi connectivity index (χ3n) is 2.04. The van der Waals surface area contributed by atoms with Gasteiger partial charge >= 0.3 is 5.97 Å². The Morgan fingerprint density at radius 2 is 2.25 bits per heavy atom. The Morgan fingerprint density at radius 1 is 1.50 bits per heavy atom. The van der Waals surface area contributed by atoms with Gasteiger partial charge in [0.1, 0.15) is 4.60 Å². The lowest BCUT2D eigenvalue weighted by molar-refractivity contribution is 0.0696. The van der Waals surface area contributed by atoms with Gasteiger partial charge in [-0.1, -0.05) is 0 Å². The molecule has 16 heavy (non-hydrogen) atoms. The Morgan fingerprint density at radius 3 is 2.81 bits per heavy atom. The van der Waals surface area contributed by atoms with Gasteiger partial charge in [-0.25, -0.2) is 9.78 Å². The van der Waals surface area contributed by atoms with Crippen LogP contribution in [0.15, 0.2) is 29.1 Å². The molecule has 82 valence electrons. The van der Waals surface area contributed by atoms with E-state index in [1.165, 1.54) is 12.1 Å². The number of carboxylic acids is 1. The van der Waals surface area contributed by atoms with Crippen molar-refractivity contribution < 1.29 is 9.90 Å². The van der Waals surface area contributed by atoms with E-state index in [1.54, 1.807) is 24.1 Å². The van der Waals surface area contributed by atoms with Gasteiger partial charge in [0.2, 0.25) is 0 Å². The number of aryl methyl sites for hydroxylation is 1. The highest BCUT2D eigenvalue weighted by Gasteiger charge is 2.09. The maximum atomic E-state index is 10.9. The molecule has 2 aromatic heterocycles. The van der Waals surface area contributed by atoms with Crippen molar-refractivity contribution in [1.82, 2.24) is 14.8 Å². The normalized spacial score (nSPS) is 10.4. The maximum Gasteiger partial charge on any atom is 0.335 e. The van der Waals surface area contributed by atoms with Crippen molar-refractivity contribution in [3.05, 3.63) is 34.7 Å². The summed E-state index contributed by atoms with van der Waals surface area (Å²) in [6.07, 6.45) is 3.42. The average Bonchev–Trinajstić information content (AvgIpc) is 2.64. The maximum absolute atomic E-state index is 10.9. The largest absolute Gasteiger partial charge is 0.478 e. The van der Waals surface area contributed by atoms with Gasteiger partial charge < -0.3 is 5.11 Å². The number of aromatic carboxylic acids is 1. The van der Waals surface area contributed by atoms with Crippen LogP contribution >= 0.6 is 15.9 Å². The minimum absolute atomic E-state index is 0.195. The number of pyridine rings is 1. The molecule has 0 aliphatic heterocycles. The van der Waals surface area contributed by atoms with Crippen LogP contribution in [0.25, 0.3) is 11.3 Å². The van der Waals surface area contributed by atoms with E-state index in [0.717, 1.165) is 5.56 Å². The van der Waals surface area contributed by atoms with Crippen LogP contribution in [0.2, 0.25) is 0 Å². The van der Waals surface area contributed by atoms with Crippen LogP contribution in [0.5, 0.6) is 0 Å². The molecule has 0 radical (unpaired) electrons. The molecule has 0 aromatic carbocycles. The summed E-state index contributed by atoms with van der Waals surface area (Å²) in [5.41, 5.74) is 1.56. The molecule has 0 amide bonds. The fourth-order valence-electron chi connectivity index (χ4n) is 1.32. The molecule has 2 rings (SSSR count). The summed E-state index contributed by atoms with van der Waals surface area (Å²) in [7, 11) is 1.79. The molecule has 0 spiro atoms. The fraction of sp³-hybridized carbons (Fsp3) is 0.100. The molecule has 0 atom stereocenters. The summed E-state index contributed by atoms with van der Waals surface area (Å²) < 4.78 is 2.13. The number of hydrogen-bond donors (Lipinski definition) is 1. The molecular formula is C10H8BrN3O2. The van der Waals surface area contributed by atoms with Crippen molar-refractivity contribution in [1.29, 1.82) is 0 Å². The number of aromatic nitrogens is 3. The summed E-state index contributed by atoms with van der Waals surface area (Å²) in [6.45, 7) is 0. The molecule has 6 heteroatoms. The van der Waals surface area contributed by atoms with E-state index in [9.17, 15) is 4.79 Å². The topological polar surface area (TPSA) is 68.0 Å². The van der Waals surface area contributed by atoms with Gasteiger partial charge in [0.05, 0.1) is 17.5 Å². The van der Waals surface area contributed by atoms with Crippen molar-refractivity contribution in [2.24, 2.45) is 7.05 Å². The molecule has 0 bridgehead atoms. The molecule has 0 fully saturated rings. The number of hydrogen-bond acceptors (Lipinski definition) is 3. The predicted molar refractivity (Wildman–Crippen MR) is 61.1 cm³/mol. The molecule has 2 heterocycles. The standard InChI is InChI=1S/C10H8BrN3O2/c1-14-5-7(4-12-14)8-2-6(10(15)16)3-9(11)13-8/h2-5H,1H3,(H,15,16). The van der Waals surface area contributed by atoms with Gasteiger partial charge in [-0.15, -0.1) is 0 Å². The summed E-state index contributed by atoms with van der Waals surface area (Å²) in [5.74, 6) is -0.978. The highest BCUT2D eigenvalue weighted by Crippen LogP contribution is 2.20. The summed E-state index contributed by atoms with van der Waals surface area (Å²) in [4.78, 5) is 15.1. The van der Waals surface area contributed by atoms with E-state index in [-0.39, 0.29) is 5.56 Å². The zero-order chi connectivity index (χ0) is 11.7. The van der Waals surface area contributed by atoms with Crippen molar-refractivity contribution in [3.63, 3.8) is 0 Å². The predicted octanol–water partition coefficient (Wildman–Crippen LogP) is 1.94.